The van der Waals surface area contributed by atoms with E-state index in [1.165, 1.54) is 48.5 Å². The zero-order chi connectivity index (χ0) is 19.1. The number of hydrogen-bond acceptors (Lipinski definition) is 4. The third kappa shape index (κ3) is 5.33. The van der Waals surface area contributed by atoms with E-state index in [1.807, 2.05) is 0 Å². The van der Waals surface area contributed by atoms with E-state index in [1.54, 1.807) is 6.07 Å². The number of ether oxygens (including phenoxy) is 1. The Bertz CT molecular complexity index is 904. The van der Waals surface area contributed by atoms with E-state index in [2.05, 4.69) is 5.32 Å². The number of nitriles is 1. The molecule has 0 heterocycles. The molecule has 0 radical (unpaired) electrons. The minimum Gasteiger partial charge on any atom is -0.480 e. The largest absolute Gasteiger partial charge is 0.480 e. The lowest BCUT2D eigenvalue weighted by Crippen LogP contribution is -2.13. The van der Waals surface area contributed by atoms with Crippen LogP contribution in [0.3, 0.4) is 0 Å². The molecule has 2 rings (SSSR count). The van der Waals surface area contributed by atoms with Gasteiger partial charge in [0.25, 0.3) is 5.91 Å². The molecule has 1 amide bonds. The number of amides is 1. The highest BCUT2D eigenvalue weighted by molar-refractivity contribution is 6.32. The second-order valence-electron chi connectivity index (χ2n) is 5.00. The van der Waals surface area contributed by atoms with Crippen LogP contribution in [0.1, 0.15) is 5.56 Å². The minimum atomic E-state index is -1.14. The van der Waals surface area contributed by atoms with Crippen LogP contribution in [0, 0.1) is 17.1 Å². The molecule has 0 saturated carbocycles. The lowest BCUT2D eigenvalue weighted by molar-refractivity contribution is -0.139. The van der Waals surface area contributed by atoms with Gasteiger partial charge in [-0.15, -0.1) is 0 Å². The van der Waals surface area contributed by atoms with Crippen LogP contribution in [0.15, 0.2) is 48.0 Å². The number of nitrogens with one attached hydrogen (secondary N) is 1. The van der Waals surface area contributed by atoms with Gasteiger partial charge in [-0.3, -0.25) is 4.79 Å². The highest BCUT2D eigenvalue weighted by Crippen LogP contribution is 2.26. The number of carbonyl (C=O) groups is 2. The Balaban J connectivity index is 2.15. The van der Waals surface area contributed by atoms with Gasteiger partial charge in [0, 0.05) is 5.69 Å². The topological polar surface area (TPSA) is 99.4 Å². The Morgan fingerprint density at radius 1 is 1.27 bits per heavy atom. The van der Waals surface area contributed by atoms with Gasteiger partial charge in [-0.1, -0.05) is 17.7 Å². The molecule has 2 aromatic rings. The van der Waals surface area contributed by atoms with Gasteiger partial charge in [0.1, 0.15) is 23.2 Å². The van der Waals surface area contributed by atoms with E-state index in [4.69, 9.17) is 21.4 Å². The molecule has 6 nitrogen and oxygen atoms in total. The highest BCUT2D eigenvalue weighted by atomic mass is 35.5. The van der Waals surface area contributed by atoms with Crippen LogP contribution in [0.25, 0.3) is 6.08 Å². The van der Waals surface area contributed by atoms with E-state index in [0.29, 0.717) is 11.3 Å². The number of halogens is 2. The summed E-state index contributed by atoms with van der Waals surface area (Å²) in [6.45, 7) is -0.543. The molecular formula is C18H12ClFN2O4. The third-order valence-electron chi connectivity index (χ3n) is 3.09. The van der Waals surface area contributed by atoms with Gasteiger partial charge in [0.15, 0.2) is 6.61 Å². The highest BCUT2D eigenvalue weighted by Gasteiger charge is 2.11. The SMILES string of the molecule is N#C/C(=C/c1ccc(OCC(=O)O)c(Cl)c1)C(=O)Nc1ccc(F)cc1. The first kappa shape index (κ1) is 19.0. The summed E-state index contributed by atoms with van der Waals surface area (Å²) < 4.78 is 17.9. The summed E-state index contributed by atoms with van der Waals surface area (Å²) in [5.41, 5.74) is 0.598. The fraction of sp³-hybridized carbons (Fsp3) is 0.0556. The number of anilines is 1. The zero-order valence-electron chi connectivity index (χ0n) is 13.2. The third-order valence-corrected chi connectivity index (χ3v) is 3.38. The normalized spacial score (nSPS) is 10.7. The molecule has 0 aliphatic heterocycles. The number of benzene rings is 2. The molecule has 0 spiro atoms. The maximum absolute atomic E-state index is 12.9. The summed E-state index contributed by atoms with van der Waals surface area (Å²) in [7, 11) is 0. The Morgan fingerprint density at radius 2 is 1.96 bits per heavy atom. The van der Waals surface area contributed by atoms with Crippen molar-refractivity contribution in [1.82, 2.24) is 0 Å². The van der Waals surface area contributed by atoms with Crippen LogP contribution in [0.5, 0.6) is 5.75 Å². The van der Waals surface area contributed by atoms with Crippen molar-refractivity contribution in [2.75, 3.05) is 11.9 Å². The maximum atomic E-state index is 12.9. The van der Waals surface area contributed by atoms with Gasteiger partial charge in [0.05, 0.1) is 5.02 Å². The lowest BCUT2D eigenvalue weighted by Gasteiger charge is -2.07. The molecule has 2 N–H and O–H groups in total. The molecule has 0 saturated heterocycles. The molecular weight excluding hydrogens is 363 g/mol. The van der Waals surface area contributed by atoms with Gasteiger partial charge in [-0.2, -0.15) is 5.26 Å². The lowest BCUT2D eigenvalue weighted by atomic mass is 10.1. The maximum Gasteiger partial charge on any atom is 0.341 e. The molecule has 132 valence electrons. The number of nitrogens with zero attached hydrogens (tertiary/aromatic N) is 1. The number of rotatable bonds is 6. The molecule has 8 heteroatoms. The molecule has 0 unspecified atom stereocenters. The summed E-state index contributed by atoms with van der Waals surface area (Å²) >= 11 is 6.00. The number of carboxylic acids is 1. The van der Waals surface area contributed by atoms with Crippen molar-refractivity contribution in [3.05, 3.63) is 64.4 Å². The van der Waals surface area contributed by atoms with Crippen LogP contribution in [-0.2, 0) is 9.59 Å². The molecule has 0 fully saturated rings. The standard InChI is InChI=1S/C18H12ClFN2O4/c19-15-8-11(1-6-16(15)26-10-17(23)24)7-12(9-21)18(25)22-14-4-2-13(20)3-5-14/h1-8H,10H2,(H,22,25)(H,23,24)/b12-7-. The van der Waals surface area contributed by atoms with Crippen molar-refractivity contribution in [2.45, 2.75) is 0 Å². The van der Waals surface area contributed by atoms with Crippen LogP contribution in [0.4, 0.5) is 10.1 Å². The van der Waals surface area contributed by atoms with Crippen molar-refractivity contribution in [2.24, 2.45) is 0 Å². The van der Waals surface area contributed by atoms with E-state index in [9.17, 15) is 19.2 Å². The average molecular weight is 375 g/mol. The van der Waals surface area contributed by atoms with Crippen molar-refractivity contribution < 1.29 is 23.8 Å². The number of aliphatic carboxylic acids is 1. The monoisotopic (exact) mass is 374 g/mol. The van der Waals surface area contributed by atoms with Crippen LogP contribution in [-0.4, -0.2) is 23.6 Å². The first-order valence-electron chi connectivity index (χ1n) is 7.22. The Hall–Kier alpha value is -3.37. The van der Waals surface area contributed by atoms with E-state index >= 15 is 0 Å². The molecule has 0 aliphatic carbocycles. The van der Waals surface area contributed by atoms with Gasteiger partial charge >= 0.3 is 5.97 Å². The predicted molar refractivity (Wildman–Crippen MR) is 93.2 cm³/mol. The molecule has 0 bridgehead atoms. The fourth-order valence-electron chi connectivity index (χ4n) is 1.91. The molecule has 0 aromatic heterocycles. The summed E-state index contributed by atoms with van der Waals surface area (Å²) in [6, 6.07) is 11.3. The molecule has 26 heavy (non-hydrogen) atoms. The van der Waals surface area contributed by atoms with Crippen molar-refractivity contribution in [1.29, 1.82) is 5.26 Å². The molecule has 0 aliphatic rings. The zero-order valence-corrected chi connectivity index (χ0v) is 14.0. The van der Waals surface area contributed by atoms with Gasteiger partial charge in [-0.25, -0.2) is 9.18 Å². The van der Waals surface area contributed by atoms with Gasteiger partial charge in [0.2, 0.25) is 0 Å². The Morgan fingerprint density at radius 3 is 2.54 bits per heavy atom. The Kier molecular flexibility index (Phi) is 6.31. The average Bonchev–Trinajstić information content (AvgIpc) is 2.60. The number of hydrogen-bond donors (Lipinski definition) is 2. The first-order valence-corrected chi connectivity index (χ1v) is 7.59. The minimum absolute atomic E-state index is 0.135. The second kappa shape index (κ2) is 8.65. The van der Waals surface area contributed by atoms with Crippen molar-refractivity contribution in [3.63, 3.8) is 0 Å². The smallest absolute Gasteiger partial charge is 0.341 e. The number of carbonyl (C=O) groups excluding carboxylic acids is 1. The summed E-state index contributed by atoms with van der Waals surface area (Å²) in [5.74, 6) is -2.09. The van der Waals surface area contributed by atoms with E-state index in [0.717, 1.165) is 0 Å². The molecule has 0 atom stereocenters. The van der Waals surface area contributed by atoms with Crippen molar-refractivity contribution in [3.8, 4) is 11.8 Å². The van der Waals surface area contributed by atoms with Crippen LogP contribution in [0.2, 0.25) is 5.02 Å². The summed E-state index contributed by atoms with van der Waals surface area (Å²) in [4.78, 5) is 22.6. The first-order chi connectivity index (χ1) is 12.4. The van der Waals surface area contributed by atoms with Gasteiger partial charge < -0.3 is 15.2 Å². The Labute approximate surface area is 153 Å². The summed E-state index contributed by atoms with van der Waals surface area (Å²) in [5, 5.41) is 20.4. The van der Waals surface area contributed by atoms with Crippen molar-refractivity contribution >= 4 is 35.2 Å². The van der Waals surface area contributed by atoms with Gasteiger partial charge in [-0.05, 0) is 48.0 Å². The predicted octanol–water partition coefficient (Wildman–Crippen LogP) is 3.49. The quantitative estimate of drug-likeness (QED) is 0.595. The van der Waals surface area contributed by atoms with Crippen LogP contribution >= 0.6 is 11.6 Å². The van der Waals surface area contributed by atoms with E-state index < -0.39 is 24.3 Å². The summed E-state index contributed by atoms with van der Waals surface area (Å²) in [6.07, 6.45) is 1.31. The van der Waals surface area contributed by atoms with Crippen LogP contribution < -0.4 is 10.1 Å². The fourth-order valence-corrected chi connectivity index (χ4v) is 2.15. The molecule has 2 aromatic carbocycles. The number of carboxylic acid groups (broad SMARTS) is 1. The second-order valence-corrected chi connectivity index (χ2v) is 5.41. The van der Waals surface area contributed by atoms with E-state index in [-0.39, 0.29) is 16.3 Å².